The maximum atomic E-state index is 11.2. The normalized spacial score (nSPS) is 10.8. The van der Waals surface area contributed by atoms with Gasteiger partial charge in [-0.3, -0.25) is 0 Å². The summed E-state index contributed by atoms with van der Waals surface area (Å²) in [5.74, 6) is -6.40. The minimum absolute atomic E-state index is 0. The summed E-state index contributed by atoms with van der Waals surface area (Å²) < 4.78 is 69.7. The largest absolute Gasteiger partial charge is 0.491 e. The second-order valence-electron chi connectivity index (χ2n) is 1.67. The van der Waals surface area contributed by atoms with E-state index in [1.807, 2.05) is 0 Å². The van der Waals surface area contributed by atoms with E-state index in [2.05, 4.69) is 4.74 Å². The zero-order valence-corrected chi connectivity index (χ0v) is 7.61. The Morgan fingerprint density at radius 2 is 0.933 bits per heavy atom. The van der Waals surface area contributed by atoms with Crippen LogP contribution in [0.1, 0.15) is 0 Å². The first-order valence-corrected chi connectivity index (χ1v) is 2.45. The van der Waals surface area contributed by atoms with Gasteiger partial charge in [-0.05, 0) is 0 Å². The van der Waals surface area contributed by atoms with E-state index in [1.165, 1.54) is 0 Å². The minimum Gasteiger partial charge on any atom is -0.380 e. The van der Waals surface area contributed by atoms with E-state index in [-0.39, 0.29) is 75.5 Å². The van der Waals surface area contributed by atoms with Gasteiger partial charge in [0.2, 0.25) is 0 Å². The molecule has 3 nitrogen and oxygen atoms in total. The average Bonchev–Trinajstić information content (AvgIpc) is 1.82. The topological polar surface area (TPSA) is 43.4 Å². The predicted molar refractivity (Wildman–Crippen MR) is 23.2 cm³/mol. The maximum absolute atomic E-state index is 11.2. The number of hydrogen-bond acceptors (Lipinski definition) is 3. The molecule has 0 unspecified atom stereocenters. The van der Waals surface area contributed by atoms with Crippen molar-refractivity contribution in [1.29, 1.82) is 0 Å². The fraction of sp³-hybridized carbons (Fsp3) is 0.500. The summed E-state index contributed by atoms with van der Waals surface area (Å²) in [4.78, 5) is 19.3. The molecule has 0 amide bonds. The summed E-state index contributed by atoms with van der Waals surface area (Å²) in [5, 5.41) is 0. The molecule has 0 bridgehead atoms. The van der Waals surface area contributed by atoms with Crippen LogP contribution in [-0.4, -0.2) is 24.3 Å². The summed E-state index contributed by atoms with van der Waals surface area (Å²) in [5.41, 5.74) is 0. The van der Waals surface area contributed by atoms with E-state index in [0.29, 0.717) is 0 Å². The van der Waals surface area contributed by atoms with Crippen molar-refractivity contribution in [2.24, 2.45) is 0 Å². The van der Waals surface area contributed by atoms with Gasteiger partial charge >= 0.3 is 24.3 Å². The van der Waals surface area contributed by atoms with Crippen molar-refractivity contribution in [3.05, 3.63) is 0 Å². The fourth-order valence-electron chi connectivity index (χ4n) is 0.200. The summed E-state index contributed by atoms with van der Waals surface area (Å²) in [7, 11) is 0. The molecule has 92 valence electrons. The van der Waals surface area contributed by atoms with Crippen LogP contribution in [-0.2, 0) is 14.3 Å². The van der Waals surface area contributed by atoms with Crippen molar-refractivity contribution in [2.75, 3.05) is 0 Å². The molecule has 0 radical (unpaired) electrons. The molecule has 0 fully saturated rings. The van der Waals surface area contributed by atoms with Crippen molar-refractivity contribution in [3.8, 4) is 0 Å². The average molecular weight is 290 g/mol. The first kappa shape index (κ1) is 21.5. The van der Waals surface area contributed by atoms with Gasteiger partial charge in [0, 0.05) is 75.5 Å². The van der Waals surface area contributed by atoms with Crippen LogP contribution >= 0.6 is 0 Å². The number of ether oxygens (including phenoxy) is 1. The molecule has 0 atom stereocenters. The molecule has 0 saturated heterocycles. The Morgan fingerprint density at radius 3 is 1.07 bits per heavy atom. The molecule has 0 spiro atoms. The van der Waals surface area contributed by atoms with Gasteiger partial charge in [0.1, 0.15) is 0 Å². The fourth-order valence-corrected chi connectivity index (χ4v) is 0.200. The van der Waals surface area contributed by atoms with Crippen molar-refractivity contribution in [3.63, 3.8) is 0 Å². The number of rotatable bonds is 0. The molecular weight excluding hydrogens is 290 g/mol. The van der Waals surface area contributed by atoms with Gasteiger partial charge in [-0.25, -0.2) is 9.59 Å². The minimum atomic E-state index is -5.62. The van der Waals surface area contributed by atoms with Crippen LogP contribution in [0, 0.1) is 75.5 Å². The Balaban J connectivity index is -0.000000720. The monoisotopic (exact) mass is 290 g/mol. The Bertz CT molecular complexity index is 210. The van der Waals surface area contributed by atoms with Crippen LogP contribution < -0.4 is 0 Å². The predicted octanol–water partition coefficient (Wildman–Crippen LogP) is 1.18. The number of halogens is 6. The molecule has 0 aliphatic carbocycles. The molecule has 0 heterocycles. The maximum Gasteiger partial charge on any atom is 0.491 e. The molecule has 0 aromatic heterocycles. The molecule has 0 N–H and O–H groups in total. The number of carbonyl (C=O) groups is 2. The quantitative estimate of drug-likeness (QED) is 0.382. The van der Waals surface area contributed by atoms with Crippen LogP contribution in [0.25, 0.3) is 0 Å². The van der Waals surface area contributed by atoms with E-state index >= 15 is 0 Å². The molecule has 11 heteroatoms. The van der Waals surface area contributed by atoms with Gasteiger partial charge in [0.25, 0.3) is 0 Å². The zero-order chi connectivity index (χ0) is 10.9. The number of esters is 2. The summed E-state index contributed by atoms with van der Waals surface area (Å²) in [6.45, 7) is 0. The standard InChI is InChI=1S/C4F6O3.2Ar/c5-3(6,7)1(11)13-2(12)4(8,9)10;;. The van der Waals surface area contributed by atoms with Gasteiger partial charge in [-0.1, -0.05) is 0 Å². The molecule has 15 heavy (non-hydrogen) atoms. The molecule has 0 aromatic rings. The molecular formula is C4Ar2F6O3. The van der Waals surface area contributed by atoms with E-state index in [0.717, 1.165) is 0 Å². The first-order chi connectivity index (χ1) is 5.55. The number of alkyl halides is 6. The second-order valence-corrected chi connectivity index (χ2v) is 1.67. The van der Waals surface area contributed by atoms with Gasteiger partial charge < -0.3 is 4.74 Å². The van der Waals surface area contributed by atoms with Gasteiger partial charge in [-0.15, -0.1) is 0 Å². The van der Waals surface area contributed by atoms with Crippen LogP contribution in [0.5, 0.6) is 0 Å². The zero-order valence-electron chi connectivity index (χ0n) is 6.20. The van der Waals surface area contributed by atoms with Crippen molar-refractivity contribution >= 4 is 11.9 Å². The van der Waals surface area contributed by atoms with Crippen molar-refractivity contribution in [2.45, 2.75) is 12.4 Å². The third-order valence-corrected chi connectivity index (χ3v) is 0.648. The van der Waals surface area contributed by atoms with E-state index < -0.39 is 24.3 Å². The Morgan fingerprint density at radius 1 is 0.733 bits per heavy atom. The second kappa shape index (κ2) is 7.54. The van der Waals surface area contributed by atoms with E-state index in [1.54, 1.807) is 0 Å². The Hall–Kier alpha value is 1.24. The molecule has 0 aliphatic rings. The summed E-state index contributed by atoms with van der Waals surface area (Å²) in [6, 6.07) is 0. The van der Waals surface area contributed by atoms with Gasteiger partial charge in [-0.2, -0.15) is 26.3 Å². The van der Waals surface area contributed by atoms with Crippen molar-refractivity contribution < 1.29 is 116 Å². The van der Waals surface area contributed by atoms with Crippen molar-refractivity contribution in [1.82, 2.24) is 0 Å². The first-order valence-electron chi connectivity index (χ1n) is 2.45. The molecule has 0 aliphatic heterocycles. The SMILES string of the molecule is O=C(OC(=O)C(F)(F)F)C(F)(F)F.[Ar].[Ar]. The van der Waals surface area contributed by atoms with Gasteiger partial charge in [0.05, 0.1) is 0 Å². The van der Waals surface area contributed by atoms with Crippen LogP contribution in [0.3, 0.4) is 0 Å². The smallest absolute Gasteiger partial charge is 0.380 e. The molecule has 0 rings (SSSR count). The number of hydrogen-bond donors (Lipinski definition) is 0. The Kier molecular flexibility index (Phi) is 10.8. The van der Waals surface area contributed by atoms with Gasteiger partial charge in [0.15, 0.2) is 0 Å². The number of carbonyl (C=O) groups excluding carboxylic acids is 2. The molecule has 0 aromatic carbocycles. The third-order valence-electron chi connectivity index (χ3n) is 0.648. The third kappa shape index (κ3) is 8.99. The molecule has 0 saturated carbocycles. The summed E-state index contributed by atoms with van der Waals surface area (Å²) in [6.07, 6.45) is -11.2. The van der Waals surface area contributed by atoms with Crippen LogP contribution in [0.2, 0.25) is 0 Å². The van der Waals surface area contributed by atoms with E-state index in [9.17, 15) is 35.9 Å². The Labute approximate surface area is 138 Å². The van der Waals surface area contributed by atoms with E-state index in [4.69, 9.17) is 0 Å². The van der Waals surface area contributed by atoms with Crippen LogP contribution in [0.4, 0.5) is 26.3 Å². The van der Waals surface area contributed by atoms with Crippen LogP contribution in [0.15, 0.2) is 0 Å². The summed E-state index contributed by atoms with van der Waals surface area (Å²) >= 11 is 0.